The van der Waals surface area contributed by atoms with Crippen LogP contribution in [0, 0.1) is 0 Å². The molecule has 5 nitrogen and oxygen atoms in total. The van der Waals surface area contributed by atoms with Gasteiger partial charge in [0.25, 0.3) is 5.91 Å². The number of pyridine rings is 1. The number of nitrogens with zero attached hydrogens (tertiary/aromatic N) is 1. The van der Waals surface area contributed by atoms with E-state index in [1.165, 1.54) is 0 Å². The van der Waals surface area contributed by atoms with Crippen LogP contribution < -0.4 is 15.4 Å². The number of hydrogen-bond donors (Lipinski definition) is 2. The molecule has 2 heterocycles. The van der Waals surface area contributed by atoms with Crippen LogP contribution in [0.3, 0.4) is 0 Å². The van der Waals surface area contributed by atoms with E-state index in [2.05, 4.69) is 21.7 Å². The molecule has 4 aromatic rings. The smallest absolute Gasteiger partial charge is 0.251 e. The topological polar surface area (TPSA) is 63.2 Å². The molecule has 0 aliphatic carbocycles. The fraction of sp³-hybridized carbons (Fsp3) is 0.111. The number of carbonyl (C=O) groups is 1. The highest BCUT2D eigenvalue weighted by atomic mass is 35.5. The Morgan fingerprint density at radius 2 is 1.79 bits per heavy atom. The predicted molar refractivity (Wildman–Crippen MR) is 130 cm³/mol. The van der Waals surface area contributed by atoms with Gasteiger partial charge in [-0.1, -0.05) is 48.0 Å². The Labute approximate surface area is 197 Å². The van der Waals surface area contributed by atoms with Crippen molar-refractivity contribution in [1.29, 1.82) is 0 Å². The van der Waals surface area contributed by atoms with Gasteiger partial charge in [-0.2, -0.15) is 0 Å². The Balaban J connectivity index is 1.32. The SMILES string of the molecule is O=C(NCc1ccccn1)c1ccc(CC2Nc3cc(Cl)ccc3Oc3ccccc32)cc1. The van der Waals surface area contributed by atoms with Crippen LogP contribution in [-0.2, 0) is 13.0 Å². The lowest BCUT2D eigenvalue weighted by molar-refractivity contribution is 0.0950. The molecule has 2 N–H and O–H groups in total. The molecule has 0 radical (unpaired) electrons. The largest absolute Gasteiger partial charge is 0.455 e. The van der Waals surface area contributed by atoms with Gasteiger partial charge in [0.2, 0.25) is 0 Å². The summed E-state index contributed by atoms with van der Waals surface area (Å²) >= 11 is 6.22. The van der Waals surface area contributed by atoms with E-state index < -0.39 is 0 Å². The molecular formula is C27H22ClN3O2. The van der Waals surface area contributed by atoms with Crippen LogP contribution >= 0.6 is 11.6 Å². The number of carbonyl (C=O) groups excluding carboxylic acids is 1. The first-order chi connectivity index (χ1) is 16.2. The normalized spacial score (nSPS) is 14.2. The van der Waals surface area contributed by atoms with E-state index in [0.717, 1.165) is 40.4 Å². The average molecular weight is 456 g/mol. The number of para-hydroxylation sites is 1. The second-order valence-electron chi connectivity index (χ2n) is 7.88. The molecule has 5 rings (SSSR count). The molecule has 1 amide bonds. The Morgan fingerprint density at radius 3 is 2.61 bits per heavy atom. The molecule has 1 aromatic heterocycles. The van der Waals surface area contributed by atoms with Gasteiger partial charge in [0.05, 0.1) is 24.0 Å². The molecule has 3 aromatic carbocycles. The van der Waals surface area contributed by atoms with Crippen LogP contribution in [0.2, 0.25) is 5.02 Å². The van der Waals surface area contributed by atoms with Crippen molar-refractivity contribution in [3.63, 3.8) is 0 Å². The number of rotatable bonds is 5. The lowest BCUT2D eigenvalue weighted by atomic mass is 9.97. The summed E-state index contributed by atoms with van der Waals surface area (Å²) in [4.78, 5) is 16.7. The highest BCUT2D eigenvalue weighted by Gasteiger charge is 2.23. The van der Waals surface area contributed by atoms with Gasteiger partial charge < -0.3 is 15.4 Å². The van der Waals surface area contributed by atoms with Crippen LogP contribution in [0.1, 0.15) is 33.2 Å². The Hall–Kier alpha value is -3.83. The van der Waals surface area contributed by atoms with Crippen LogP contribution in [0.5, 0.6) is 11.5 Å². The predicted octanol–water partition coefficient (Wildman–Crippen LogP) is 6.17. The summed E-state index contributed by atoms with van der Waals surface area (Å²) in [5.41, 5.74) is 4.47. The molecule has 0 bridgehead atoms. The Kier molecular flexibility index (Phi) is 5.96. The number of aromatic nitrogens is 1. The van der Waals surface area contributed by atoms with Crippen molar-refractivity contribution in [2.45, 2.75) is 19.0 Å². The van der Waals surface area contributed by atoms with Crippen molar-refractivity contribution in [3.8, 4) is 11.5 Å². The summed E-state index contributed by atoms with van der Waals surface area (Å²) in [7, 11) is 0. The summed E-state index contributed by atoms with van der Waals surface area (Å²) in [5.74, 6) is 1.44. The maximum atomic E-state index is 12.5. The van der Waals surface area contributed by atoms with Gasteiger partial charge in [-0.3, -0.25) is 9.78 Å². The summed E-state index contributed by atoms with van der Waals surface area (Å²) in [5, 5.41) is 7.14. The number of nitrogens with one attached hydrogen (secondary N) is 2. The minimum Gasteiger partial charge on any atom is -0.455 e. The quantitative estimate of drug-likeness (QED) is 0.378. The molecule has 0 saturated heterocycles. The molecule has 33 heavy (non-hydrogen) atoms. The highest BCUT2D eigenvalue weighted by molar-refractivity contribution is 6.30. The van der Waals surface area contributed by atoms with Crippen molar-refractivity contribution in [1.82, 2.24) is 10.3 Å². The lowest BCUT2D eigenvalue weighted by Gasteiger charge is -2.19. The van der Waals surface area contributed by atoms with Crippen molar-refractivity contribution >= 4 is 23.2 Å². The van der Waals surface area contributed by atoms with Crippen LogP contribution in [0.15, 0.2) is 91.1 Å². The van der Waals surface area contributed by atoms with E-state index in [4.69, 9.17) is 16.3 Å². The third-order valence-electron chi connectivity index (χ3n) is 5.60. The van der Waals surface area contributed by atoms with Gasteiger partial charge in [-0.05, 0) is 60.5 Å². The van der Waals surface area contributed by atoms with Crippen molar-refractivity contribution < 1.29 is 9.53 Å². The minimum atomic E-state index is -0.123. The molecule has 1 atom stereocenters. The third-order valence-corrected chi connectivity index (χ3v) is 5.83. The van der Waals surface area contributed by atoms with Gasteiger partial charge >= 0.3 is 0 Å². The van der Waals surface area contributed by atoms with E-state index >= 15 is 0 Å². The first-order valence-corrected chi connectivity index (χ1v) is 11.1. The zero-order valence-electron chi connectivity index (χ0n) is 17.8. The van der Waals surface area contributed by atoms with Gasteiger partial charge in [0.15, 0.2) is 5.75 Å². The molecular weight excluding hydrogens is 434 g/mol. The number of ether oxygens (including phenoxy) is 1. The number of hydrogen-bond acceptors (Lipinski definition) is 4. The second-order valence-corrected chi connectivity index (χ2v) is 8.32. The summed E-state index contributed by atoms with van der Waals surface area (Å²) < 4.78 is 6.16. The zero-order valence-corrected chi connectivity index (χ0v) is 18.5. The van der Waals surface area contributed by atoms with Gasteiger partial charge in [0.1, 0.15) is 5.75 Å². The van der Waals surface area contributed by atoms with E-state index in [9.17, 15) is 4.79 Å². The monoisotopic (exact) mass is 455 g/mol. The first kappa shape index (κ1) is 21.0. The summed E-state index contributed by atoms with van der Waals surface area (Å²) in [6.07, 6.45) is 2.44. The van der Waals surface area contributed by atoms with Crippen molar-refractivity contribution in [2.75, 3.05) is 5.32 Å². The zero-order chi connectivity index (χ0) is 22.6. The maximum absolute atomic E-state index is 12.5. The summed E-state index contributed by atoms with van der Waals surface area (Å²) in [6, 6.07) is 26.9. The molecule has 1 aliphatic rings. The minimum absolute atomic E-state index is 0.00949. The maximum Gasteiger partial charge on any atom is 0.251 e. The van der Waals surface area contributed by atoms with E-state index in [1.807, 2.05) is 78.9 Å². The van der Waals surface area contributed by atoms with Crippen molar-refractivity contribution in [3.05, 3.63) is 119 Å². The standard InChI is InChI=1S/C27H22ClN3O2/c28-20-12-13-26-24(16-20)31-23(22-6-1-2-7-25(22)33-26)15-18-8-10-19(11-9-18)27(32)30-17-21-5-3-4-14-29-21/h1-14,16,23,31H,15,17H2,(H,30,32). The summed E-state index contributed by atoms with van der Waals surface area (Å²) in [6.45, 7) is 0.395. The number of benzene rings is 3. The number of amides is 1. The van der Waals surface area contributed by atoms with Crippen molar-refractivity contribution in [2.24, 2.45) is 0 Å². The van der Waals surface area contributed by atoms with Crippen LogP contribution in [0.4, 0.5) is 5.69 Å². The first-order valence-electron chi connectivity index (χ1n) is 10.8. The third kappa shape index (κ3) is 4.83. The Bertz CT molecular complexity index is 1280. The molecule has 6 heteroatoms. The van der Waals surface area contributed by atoms with Gasteiger partial charge in [-0.15, -0.1) is 0 Å². The van der Waals surface area contributed by atoms with E-state index in [1.54, 1.807) is 6.20 Å². The van der Waals surface area contributed by atoms with E-state index in [-0.39, 0.29) is 11.9 Å². The van der Waals surface area contributed by atoms with E-state index in [0.29, 0.717) is 17.1 Å². The molecule has 0 saturated carbocycles. The Morgan fingerprint density at radius 1 is 0.970 bits per heavy atom. The molecule has 1 unspecified atom stereocenters. The molecule has 0 spiro atoms. The fourth-order valence-electron chi connectivity index (χ4n) is 3.91. The van der Waals surface area contributed by atoms with Gasteiger partial charge in [0, 0.05) is 22.3 Å². The number of anilines is 1. The van der Waals surface area contributed by atoms with Crippen LogP contribution in [-0.4, -0.2) is 10.9 Å². The second kappa shape index (κ2) is 9.35. The lowest BCUT2D eigenvalue weighted by Crippen LogP contribution is -2.23. The molecule has 164 valence electrons. The molecule has 0 fully saturated rings. The molecule has 1 aliphatic heterocycles. The fourth-order valence-corrected chi connectivity index (χ4v) is 4.09. The van der Waals surface area contributed by atoms with Gasteiger partial charge in [-0.25, -0.2) is 0 Å². The van der Waals surface area contributed by atoms with Crippen LogP contribution in [0.25, 0.3) is 0 Å². The average Bonchev–Trinajstić information content (AvgIpc) is 3.00. The number of fused-ring (bicyclic) bond motifs is 2. The number of halogens is 1. The highest BCUT2D eigenvalue weighted by Crippen LogP contribution is 2.42.